The molecule has 294 valence electrons. The average molecular weight is 1000 g/mol. The summed E-state index contributed by atoms with van der Waals surface area (Å²) >= 11 is 1.19. The van der Waals surface area contributed by atoms with Crippen molar-refractivity contribution < 1.29 is 32.9 Å². The summed E-state index contributed by atoms with van der Waals surface area (Å²) in [6.45, 7) is 0. The van der Waals surface area contributed by atoms with Gasteiger partial charge in [0.25, 0.3) is 5.91 Å². The second-order valence-corrected chi connectivity index (χ2v) is 16.4. The first-order chi connectivity index (χ1) is 29.0. The fourth-order valence-corrected chi connectivity index (χ4v) is 10.1. The first-order valence-electron chi connectivity index (χ1n) is 18.2. The summed E-state index contributed by atoms with van der Waals surface area (Å²) in [5.41, 5.74) is 8.54. The molecule has 6 nitrogen and oxygen atoms in total. The van der Waals surface area contributed by atoms with Crippen molar-refractivity contribution >= 4 is 69.1 Å². The summed E-state index contributed by atoms with van der Waals surface area (Å²) in [7, 11) is 3.80. The number of pyridine rings is 1. The molecule has 7 aromatic carbocycles. The van der Waals surface area contributed by atoms with E-state index in [0.29, 0.717) is 5.56 Å². The van der Waals surface area contributed by atoms with Gasteiger partial charge in [0.05, 0.1) is 0 Å². The quantitative estimate of drug-likeness (QED) is 0.121. The molecule has 0 aliphatic rings. The van der Waals surface area contributed by atoms with Gasteiger partial charge in [0.2, 0.25) is 0 Å². The van der Waals surface area contributed by atoms with E-state index in [1.54, 1.807) is 42.5 Å². The molecule has 0 bridgehead atoms. The van der Waals surface area contributed by atoms with Gasteiger partial charge in [0.1, 0.15) is 5.69 Å². The number of amides is 1. The smallest absolute Gasteiger partial charge is 0.256 e. The molecule has 0 fully saturated rings. The standard InChI is InChI=1S/2C18H15P.C7H5N2O.C6H5NO2.ClH.Re/c2*1-4-10-16(11-5-1)19(17-12-6-2-7-13-17)18-14-8-3-9-15-18;8-9-7(10)6-4-2-1-3-5-6;8-6(9)5-3-1-2-4-7-5;;/h2*1-15H;1-5H;1-4H,(H,8,9);1H;/q;;-1;;;+1/p-1. The van der Waals surface area contributed by atoms with E-state index in [2.05, 4.69) is 192 Å². The van der Waals surface area contributed by atoms with Crippen LogP contribution >= 0.6 is 25.4 Å². The Kier molecular flexibility index (Phi) is 21.0. The third kappa shape index (κ3) is 15.5. The maximum atomic E-state index is 10.6. The summed E-state index contributed by atoms with van der Waals surface area (Å²) in [6.07, 6.45) is 1.45. The van der Waals surface area contributed by atoms with Crippen molar-refractivity contribution in [2.75, 3.05) is 0 Å². The number of carboxylic acids is 1. The van der Waals surface area contributed by atoms with E-state index >= 15 is 0 Å². The Morgan fingerprint density at radius 2 is 0.695 bits per heavy atom. The summed E-state index contributed by atoms with van der Waals surface area (Å²) in [5.74, 6) is -1.60. The van der Waals surface area contributed by atoms with E-state index in [-0.39, 0.29) is 5.69 Å². The van der Waals surface area contributed by atoms with Crippen molar-refractivity contribution in [1.29, 1.82) is 0 Å². The predicted molar refractivity (Wildman–Crippen MR) is 244 cm³/mol. The molecule has 1 N–H and O–H groups in total. The molecule has 0 aliphatic heterocycles. The second-order valence-electron chi connectivity index (χ2n) is 12.0. The predicted octanol–water partition coefficient (Wildman–Crippen LogP) is 10.2. The van der Waals surface area contributed by atoms with Crippen LogP contribution in [0.15, 0.2) is 242 Å². The summed E-state index contributed by atoms with van der Waals surface area (Å²) < 4.78 is 0. The van der Waals surface area contributed by atoms with Crippen LogP contribution in [0.5, 0.6) is 0 Å². The minimum absolute atomic E-state index is 0.0810. The van der Waals surface area contributed by atoms with E-state index in [1.165, 1.54) is 62.3 Å². The Labute approximate surface area is 363 Å². The minimum Gasteiger partial charge on any atom is -0.704 e. The number of nitrogens with zero attached hydrogens (tertiary/aromatic N) is 3. The van der Waals surface area contributed by atoms with Crippen molar-refractivity contribution in [3.63, 3.8) is 0 Å². The number of halogens is 1. The van der Waals surface area contributed by atoms with Crippen LogP contribution < -0.4 is 31.8 Å². The maximum absolute atomic E-state index is 10.6. The number of hydrogen-bond acceptors (Lipinski definition) is 3. The van der Waals surface area contributed by atoms with Crippen molar-refractivity contribution in [1.82, 2.24) is 4.98 Å². The molecule has 0 aliphatic carbocycles. The van der Waals surface area contributed by atoms with Crippen molar-refractivity contribution in [3.8, 4) is 0 Å². The molecular weight excluding hydrogens is 962 g/mol. The van der Waals surface area contributed by atoms with E-state index in [4.69, 9.17) is 20.2 Å². The van der Waals surface area contributed by atoms with Gasteiger partial charge in [-0.1, -0.05) is 206 Å². The van der Waals surface area contributed by atoms with E-state index < -0.39 is 27.7 Å². The molecule has 0 atom stereocenters. The molecule has 0 radical (unpaired) electrons. The fraction of sp³-hybridized carbons (Fsp3) is 0. The molecule has 10 heteroatoms. The van der Waals surface area contributed by atoms with Gasteiger partial charge in [-0.3, -0.25) is 4.79 Å². The Balaban J connectivity index is 0.000000180. The van der Waals surface area contributed by atoms with Crippen LogP contribution in [0.3, 0.4) is 0 Å². The zero-order chi connectivity index (χ0) is 41.9. The second kappa shape index (κ2) is 27.0. The Bertz CT molecular complexity index is 2050. The van der Waals surface area contributed by atoms with Crippen LogP contribution in [0.4, 0.5) is 0 Å². The number of hydrogen-bond donors (Lipinski definition) is 1. The van der Waals surface area contributed by atoms with Gasteiger partial charge in [-0.2, -0.15) is 0 Å². The summed E-state index contributed by atoms with van der Waals surface area (Å²) in [6, 6.07) is 77.8. The van der Waals surface area contributed by atoms with E-state index in [0.717, 1.165) is 0 Å². The first kappa shape index (κ1) is 45.9. The van der Waals surface area contributed by atoms with Crippen LogP contribution in [0.1, 0.15) is 20.8 Å². The summed E-state index contributed by atoms with van der Waals surface area (Å²) in [4.78, 5) is 24.3. The first-order valence-corrected chi connectivity index (χ1v) is 24.2. The molecule has 0 spiro atoms. The molecule has 1 heterocycles. The Morgan fingerprint density at radius 3 is 0.898 bits per heavy atom. The molecule has 8 aromatic rings. The normalized spacial score (nSPS) is 9.76. The van der Waals surface area contributed by atoms with Gasteiger partial charge in [-0.25, -0.2) is 9.78 Å². The molecule has 0 unspecified atom stereocenters. The molecule has 0 saturated heterocycles. The molecular formula is C49H40ClN3O3P2Re-. The van der Waals surface area contributed by atoms with Crippen LogP contribution in [-0.2, 0) is 18.2 Å². The number of aromatic nitrogens is 1. The monoisotopic (exact) mass is 1000 g/mol. The number of benzene rings is 7. The van der Waals surface area contributed by atoms with E-state index in [9.17, 15) is 9.59 Å². The number of carbonyl (C=O) groups is 2. The third-order valence-corrected chi connectivity index (χ3v) is 13.0. The average Bonchev–Trinajstić information content (AvgIpc) is 3.33. The topological polar surface area (TPSA) is 102 Å². The van der Waals surface area contributed by atoms with Gasteiger partial charge < -0.3 is 15.8 Å². The van der Waals surface area contributed by atoms with Crippen LogP contribution in [0.2, 0.25) is 0 Å². The zero-order valence-corrected chi connectivity index (χ0v) is 37.0. The third-order valence-electron chi connectivity index (χ3n) is 8.08. The van der Waals surface area contributed by atoms with Crippen LogP contribution in [0.25, 0.3) is 5.53 Å². The van der Waals surface area contributed by atoms with Crippen molar-refractivity contribution in [3.05, 3.63) is 254 Å². The molecule has 1 aromatic heterocycles. The van der Waals surface area contributed by atoms with Gasteiger partial charge in [-0.05, 0) is 71.9 Å². The molecule has 0 saturated carbocycles. The Morgan fingerprint density at radius 1 is 0.441 bits per heavy atom. The number of rotatable bonds is 8. The maximum Gasteiger partial charge on any atom is 0.256 e. The van der Waals surface area contributed by atoms with E-state index in [1.807, 2.05) is 0 Å². The van der Waals surface area contributed by atoms with Crippen LogP contribution in [0, 0.1) is 0 Å². The van der Waals surface area contributed by atoms with Gasteiger partial charge in [0, 0.05) is 11.8 Å². The fourth-order valence-electron chi connectivity index (χ4n) is 5.48. The molecule has 8 rings (SSSR count). The van der Waals surface area contributed by atoms with Crippen molar-refractivity contribution in [2.45, 2.75) is 0 Å². The van der Waals surface area contributed by atoms with Gasteiger partial charge in [-0.15, -0.1) is 0 Å². The minimum atomic E-state index is -0.990. The number of carbonyl (C=O) groups excluding carboxylic acids is 1. The Hall–Kier alpha value is -5.76. The zero-order valence-electron chi connectivity index (χ0n) is 31.8. The van der Waals surface area contributed by atoms with Gasteiger partial charge in [0.15, 0.2) is 0 Å². The SMILES string of the molecule is O=C(O)c1ccccn1.[Cl][Re].[N-]=NC(=O)c1ccccc1.c1ccc(P(c2ccccc2)c2ccccc2)cc1.c1ccc(P(c2ccccc2)c2ccccc2)cc1. The van der Waals surface area contributed by atoms with Gasteiger partial charge >= 0.3 is 33.7 Å². The number of carboxylic acid groups (broad SMARTS) is 1. The van der Waals surface area contributed by atoms with Crippen molar-refractivity contribution in [2.24, 2.45) is 5.11 Å². The largest absolute Gasteiger partial charge is 0.704 e. The molecule has 1 amide bonds. The summed E-state index contributed by atoms with van der Waals surface area (Å²) in [5, 5.41) is 19.2. The number of aromatic carboxylic acids is 1. The van der Waals surface area contributed by atoms with Crippen LogP contribution in [-0.4, -0.2) is 22.0 Å². The molecule has 59 heavy (non-hydrogen) atoms.